The highest BCUT2D eigenvalue weighted by Crippen LogP contribution is 2.36. The topological polar surface area (TPSA) is 49.4 Å². The minimum Gasteiger partial charge on any atom is -0.350 e. The monoisotopic (exact) mass is 458 g/mol. The molecule has 33 heavy (non-hydrogen) atoms. The van der Waals surface area contributed by atoms with Gasteiger partial charge in [0.05, 0.1) is 11.3 Å². The molecule has 0 radical (unpaired) electrons. The Morgan fingerprint density at radius 3 is 2.09 bits per heavy atom. The van der Waals surface area contributed by atoms with Crippen molar-refractivity contribution < 1.29 is 9.59 Å². The van der Waals surface area contributed by atoms with Crippen LogP contribution in [0.5, 0.6) is 0 Å². The first kappa shape index (κ1) is 22.8. The van der Waals surface area contributed by atoms with Crippen LogP contribution < -0.4 is 10.2 Å². The molecule has 0 atom stereocenters. The fourth-order valence-electron chi connectivity index (χ4n) is 3.95. The number of anilines is 2. The number of carbonyl (C=O) groups is 2. The molecule has 4 rings (SSSR count). The van der Waals surface area contributed by atoms with Gasteiger partial charge in [-0.05, 0) is 78.8 Å². The Labute approximate surface area is 199 Å². The van der Waals surface area contributed by atoms with E-state index in [0.717, 1.165) is 22.4 Å². The molecular weight excluding hydrogens is 432 g/mol. The van der Waals surface area contributed by atoms with Gasteiger partial charge in [-0.25, -0.2) is 4.90 Å². The molecule has 1 N–H and O–H groups in total. The number of hydrogen-bond donors (Lipinski definition) is 1. The summed E-state index contributed by atoms with van der Waals surface area (Å²) in [6.45, 7) is 10.1. The summed E-state index contributed by atoms with van der Waals surface area (Å²) in [5.41, 5.74) is 6.75. The van der Waals surface area contributed by atoms with Gasteiger partial charge in [0.2, 0.25) is 0 Å². The molecule has 0 fully saturated rings. The standard InChI is InChI=1S/C28H27ClN2O2/c1-16(2)20-9-12-23(13-10-20)30-26-25(21-8-6-17(3)19(5)14-21)27(32)31(28(26)33)24-15-22(29)11-7-18(24)4/h6-16,30H,1-5H3. The molecule has 1 heterocycles. The summed E-state index contributed by atoms with van der Waals surface area (Å²) in [4.78, 5) is 28.5. The summed E-state index contributed by atoms with van der Waals surface area (Å²) < 4.78 is 0. The van der Waals surface area contributed by atoms with Crippen molar-refractivity contribution in [3.8, 4) is 0 Å². The molecule has 5 heteroatoms. The first-order chi connectivity index (χ1) is 15.7. The summed E-state index contributed by atoms with van der Waals surface area (Å²) in [7, 11) is 0. The maximum absolute atomic E-state index is 13.7. The molecule has 1 aliphatic rings. The van der Waals surface area contributed by atoms with Crippen molar-refractivity contribution in [2.24, 2.45) is 0 Å². The number of rotatable bonds is 5. The second-order valence-corrected chi connectivity index (χ2v) is 9.26. The van der Waals surface area contributed by atoms with E-state index < -0.39 is 5.91 Å². The van der Waals surface area contributed by atoms with E-state index in [2.05, 4.69) is 19.2 Å². The molecule has 4 nitrogen and oxygen atoms in total. The number of aryl methyl sites for hydroxylation is 3. The first-order valence-corrected chi connectivity index (χ1v) is 11.4. The van der Waals surface area contributed by atoms with Gasteiger partial charge >= 0.3 is 0 Å². The lowest BCUT2D eigenvalue weighted by Crippen LogP contribution is -2.33. The van der Waals surface area contributed by atoms with Gasteiger partial charge in [-0.1, -0.05) is 61.8 Å². The van der Waals surface area contributed by atoms with Gasteiger partial charge in [0, 0.05) is 10.7 Å². The molecule has 2 amide bonds. The van der Waals surface area contributed by atoms with Crippen LogP contribution in [0.4, 0.5) is 11.4 Å². The van der Waals surface area contributed by atoms with Crippen molar-refractivity contribution in [3.63, 3.8) is 0 Å². The van der Waals surface area contributed by atoms with E-state index in [9.17, 15) is 9.59 Å². The molecule has 0 bridgehead atoms. The van der Waals surface area contributed by atoms with Crippen LogP contribution >= 0.6 is 11.6 Å². The highest BCUT2D eigenvalue weighted by atomic mass is 35.5. The Balaban J connectivity index is 1.83. The molecule has 0 unspecified atom stereocenters. The zero-order valence-corrected chi connectivity index (χ0v) is 20.2. The molecular formula is C28H27ClN2O2. The number of hydrogen-bond acceptors (Lipinski definition) is 3. The summed E-state index contributed by atoms with van der Waals surface area (Å²) >= 11 is 6.21. The van der Waals surface area contributed by atoms with Gasteiger partial charge < -0.3 is 5.32 Å². The van der Waals surface area contributed by atoms with E-state index in [1.165, 1.54) is 10.5 Å². The predicted molar refractivity (Wildman–Crippen MR) is 136 cm³/mol. The van der Waals surface area contributed by atoms with Gasteiger partial charge in [0.25, 0.3) is 11.8 Å². The van der Waals surface area contributed by atoms with Crippen LogP contribution in [0.15, 0.2) is 66.4 Å². The average molecular weight is 459 g/mol. The predicted octanol–water partition coefficient (Wildman–Crippen LogP) is 6.79. The highest BCUT2D eigenvalue weighted by molar-refractivity contribution is 6.46. The Hall–Kier alpha value is -3.37. The number of nitrogens with zero attached hydrogens (tertiary/aromatic N) is 1. The minimum absolute atomic E-state index is 0.264. The van der Waals surface area contributed by atoms with Crippen LogP contribution in [0.1, 0.15) is 47.6 Å². The van der Waals surface area contributed by atoms with Crippen molar-refractivity contribution in [1.82, 2.24) is 0 Å². The fraction of sp³-hybridized carbons (Fsp3) is 0.214. The maximum atomic E-state index is 13.7. The van der Waals surface area contributed by atoms with Gasteiger partial charge in [-0.3, -0.25) is 9.59 Å². The lowest BCUT2D eigenvalue weighted by Gasteiger charge is -2.18. The van der Waals surface area contributed by atoms with E-state index >= 15 is 0 Å². The van der Waals surface area contributed by atoms with E-state index in [-0.39, 0.29) is 11.6 Å². The lowest BCUT2D eigenvalue weighted by molar-refractivity contribution is -0.120. The summed E-state index contributed by atoms with van der Waals surface area (Å²) in [6.07, 6.45) is 0. The number of amides is 2. The van der Waals surface area contributed by atoms with Crippen molar-refractivity contribution in [2.45, 2.75) is 40.5 Å². The molecule has 3 aromatic rings. The van der Waals surface area contributed by atoms with Crippen LogP contribution in [0.2, 0.25) is 5.02 Å². The van der Waals surface area contributed by atoms with E-state index in [0.29, 0.717) is 27.8 Å². The lowest BCUT2D eigenvalue weighted by atomic mass is 9.99. The Bertz CT molecular complexity index is 1290. The molecule has 1 aliphatic heterocycles. The van der Waals surface area contributed by atoms with Gasteiger partial charge in [0.1, 0.15) is 5.70 Å². The third-order valence-corrected chi connectivity index (χ3v) is 6.37. The zero-order chi connectivity index (χ0) is 23.9. The SMILES string of the molecule is Cc1ccc(C2=C(Nc3ccc(C(C)C)cc3)C(=O)N(c3cc(Cl)ccc3C)C2=O)cc1C. The summed E-state index contributed by atoms with van der Waals surface area (Å²) in [5.74, 6) is -0.359. The van der Waals surface area contributed by atoms with Gasteiger partial charge in [0.15, 0.2) is 0 Å². The number of imide groups is 1. The highest BCUT2D eigenvalue weighted by Gasteiger charge is 2.41. The Morgan fingerprint density at radius 1 is 0.788 bits per heavy atom. The van der Waals surface area contributed by atoms with Crippen molar-refractivity contribution in [2.75, 3.05) is 10.2 Å². The average Bonchev–Trinajstić information content (AvgIpc) is 3.01. The third kappa shape index (κ3) is 4.31. The molecule has 168 valence electrons. The van der Waals surface area contributed by atoms with Crippen molar-refractivity contribution in [1.29, 1.82) is 0 Å². The van der Waals surface area contributed by atoms with Gasteiger partial charge in [-0.15, -0.1) is 0 Å². The van der Waals surface area contributed by atoms with Crippen LogP contribution in [-0.4, -0.2) is 11.8 Å². The first-order valence-electron chi connectivity index (χ1n) is 11.0. The smallest absolute Gasteiger partial charge is 0.282 e. The second kappa shape index (κ2) is 8.87. The van der Waals surface area contributed by atoms with Gasteiger partial charge in [-0.2, -0.15) is 0 Å². The van der Waals surface area contributed by atoms with E-state index in [1.807, 2.05) is 69.3 Å². The van der Waals surface area contributed by atoms with E-state index in [1.54, 1.807) is 12.1 Å². The summed E-state index contributed by atoms with van der Waals surface area (Å²) in [6, 6.07) is 19.0. The maximum Gasteiger partial charge on any atom is 0.282 e. The Kier molecular flexibility index (Phi) is 6.13. The number of benzene rings is 3. The van der Waals surface area contributed by atoms with Crippen molar-refractivity contribution in [3.05, 3.63) is 99.2 Å². The van der Waals surface area contributed by atoms with Crippen LogP contribution in [0.25, 0.3) is 5.57 Å². The second-order valence-electron chi connectivity index (χ2n) is 8.83. The van der Waals surface area contributed by atoms with Crippen LogP contribution in [0, 0.1) is 20.8 Å². The van der Waals surface area contributed by atoms with Crippen LogP contribution in [0.3, 0.4) is 0 Å². The molecule has 3 aromatic carbocycles. The number of carbonyl (C=O) groups excluding carboxylic acids is 2. The van der Waals surface area contributed by atoms with Crippen molar-refractivity contribution >= 4 is 40.4 Å². The van der Waals surface area contributed by atoms with E-state index in [4.69, 9.17) is 11.6 Å². The molecule has 0 spiro atoms. The third-order valence-electron chi connectivity index (χ3n) is 6.14. The molecule has 0 saturated carbocycles. The normalized spacial score (nSPS) is 14.0. The van der Waals surface area contributed by atoms with Crippen LogP contribution in [-0.2, 0) is 9.59 Å². The molecule has 0 aromatic heterocycles. The number of nitrogens with one attached hydrogen (secondary N) is 1. The quantitative estimate of drug-likeness (QED) is 0.428. The zero-order valence-electron chi connectivity index (χ0n) is 19.5. The fourth-order valence-corrected chi connectivity index (χ4v) is 4.11. The Morgan fingerprint density at radius 2 is 1.45 bits per heavy atom. The summed E-state index contributed by atoms with van der Waals surface area (Å²) in [5, 5.41) is 3.71. The minimum atomic E-state index is -0.397. The molecule has 0 saturated heterocycles. The largest absolute Gasteiger partial charge is 0.350 e. The number of halogens is 1. The molecule has 0 aliphatic carbocycles.